The van der Waals surface area contributed by atoms with E-state index in [1.807, 2.05) is 31.1 Å². The van der Waals surface area contributed by atoms with Gasteiger partial charge in [0, 0.05) is 32.9 Å². The van der Waals surface area contributed by atoms with E-state index < -0.39 is 0 Å². The average molecular weight is 259 g/mol. The third-order valence-corrected chi connectivity index (χ3v) is 2.79. The van der Waals surface area contributed by atoms with Gasteiger partial charge in [-0.05, 0) is 17.7 Å². The molecule has 0 atom stereocenters. The molecule has 0 saturated carbocycles. The Morgan fingerprint density at radius 1 is 1.37 bits per heavy atom. The van der Waals surface area contributed by atoms with Crippen LogP contribution in [0.5, 0.6) is 0 Å². The van der Waals surface area contributed by atoms with E-state index in [4.69, 9.17) is 5.73 Å². The zero-order chi connectivity index (χ0) is 13.8. The maximum Gasteiger partial charge on any atom is 0.269 e. The quantitative estimate of drug-likeness (QED) is 0.849. The summed E-state index contributed by atoms with van der Waals surface area (Å²) >= 11 is 0. The van der Waals surface area contributed by atoms with E-state index in [0.29, 0.717) is 13.1 Å². The maximum absolute atomic E-state index is 11.9. The number of pyridine rings is 1. The highest BCUT2D eigenvalue weighted by atomic mass is 16.1. The third-order valence-electron chi connectivity index (χ3n) is 2.79. The van der Waals surface area contributed by atoms with Crippen molar-refractivity contribution in [2.45, 2.75) is 13.1 Å². The van der Waals surface area contributed by atoms with Crippen LogP contribution in [0.4, 0.5) is 5.69 Å². The molecule has 0 fully saturated rings. The van der Waals surface area contributed by atoms with Gasteiger partial charge in [0.1, 0.15) is 0 Å². The molecule has 0 aliphatic rings. The number of aromatic nitrogens is 3. The number of nitrogens with zero attached hydrogens (tertiary/aromatic N) is 4. The predicted octanol–water partition coefficient (Wildman–Crippen LogP) is 0.211. The number of nitrogens with two attached hydrogens (primary N) is 1. The van der Waals surface area contributed by atoms with Crippen LogP contribution >= 0.6 is 0 Å². The summed E-state index contributed by atoms with van der Waals surface area (Å²) in [5, 5.41) is 4.16. The lowest BCUT2D eigenvalue weighted by Gasteiger charge is -2.12. The molecule has 0 saturated heterocycles. The largest absolute Gasteiger partial charge is 0.376 e. The molecule has 2 heterocycles. The van der Waals surface area contributed by atoms with E-state index in [9.17, 15) is 4.79 Å². The molecule has 0 radical (unpaired) electrons. The van der Waals surface area contributed by atoms with E-state index in [0.717, 1.165) is 16.9 Å². The van der Waals surface area contributed by atoms with Crippen molar-refractivity contribution in [3.05, 3.63) is 52.2 Å². The highest BCUT2D eigenvalue weighted by molar-refractivity contribution is 5.40. The van der Waals surface area contributed by atoms with Crippen LogP contribution in [-0.4, -0.2) is 28.9 Å². The number of anilines is 1. The lowest BCUT2D eigenvalue weighted by molar-refractivity contribution is 0.637. The summed E-state index contributed by atoms with van der Waals surface area (Å²) in [6, 6.07) is 5.30. The monoisotopic (exact) mass is 259 g/mol. The van der Waals surface area contributed by atoms with E-state index >= 15 is 0 Å². The Balaban J connectivity index is 2.26. The van der Waals surface area contributed by atoms with Gasteiger partial charge in [0.15, 0.2) is 0 Å². The minimum Gasteiger partial charge on any atom is -0.376 e. The Morgan fingerprint density at radius 3 is 2.79 bits per heavy atom. The van der Waals surface area contributed by atoms with Crippen molar-refractivity contribution < 1.29 is 0 Å². The fourth-order valence-electron chi connectivity index (χ4n) is 1.70. The second-order valence-electron chi connectivity index (χ2n) is 4.46. The van der Waals surface area contributed by atoms with Crippen molar-refractivity contribution in [1.29, 1.82) is 0 Å². The molecule has 0 aromatic carbocycles. The molecule has 0 aliphatic carbocycles. The van der Waals surface area contributed by atoms with Crippen molar-refractivity contribution in [3.63, 3.8) is 0 Å². The molecule has 6 nitrogen and oxygen atoms in total. The summed E-state index contributed by atoms with van der Waals surface area (Å²) < 4.78 is 1.42. The molecular formula is C13H17N5O. The molecule has 2 N–H and O–H groups in total. The average Bonchev–Trinajstić information content (AvgIpc) is 2.41. The smallest absolute Gasteiger partial charge is 0.269 e. The van der Waals surface area contributed by atoms with Crippen LogP contribution in [0.25, 0.3) is 0 Å². The van der Waals surface area contributed by atoms with E-state index in [2.05, 4.69) is 10.1 Å². The fraction of sp³-hybridized carbons (Fsp3) is 0.308. The van der Waals surface area contributed by atoms with E-state index in [1.165, 1.54) is 4.68 Å². The molecular weight excluding hydrogens is 242 g/mol. The Morgan fingerprint density at radius 2 is 2.16 bits per heavy atom. The molecule has 0 spiro atoms. The molecule has 2 aromatic rings. The molecule has 0 unspecified atom stereocenters. The summed E-state index contributed by atoms with van der Waals surface area (Å²) in [6.45, 7) is 0.803. The van der Waals surface area contributed by atoms with Gasteiger partial charge in [0.25, 0.3) is 5.56 Å². The number of rotatable bonds is 4. The van der Waals surface area contributed by atoms with Gasteiger partial charge in [-0.25, -0.2) is 4.68 Å². The van der Waals surface area contributed by atoms with Crippen LogP contribution in [0, 0.1) is 0 Å². The van der Waals surface area contributed by atoms with Gasteiger partial charge in [0.05, 0.1) is 24.1 Å². The molecule has 6 heteroatoms. The standard InChI is InChI=1S/C13H17N5O/c1-17(2)12-6-13(19)18(16-8-12)9-10-3-4-15-11(5-10)7-14/h3-6,8H,7,9,14H2,1-2H3. The van der Waals surface area contributed by atoms with Gasteiger partial charge in [-0.15, -0.1) is 0 Å². The van der Waals surface area contributed by atoms with E-state index in [1.54, 1.807) is 18.5 Å². The van der Waals surface area contributed by atoms with Gasteiger partial charge in [0.2, 0.25) is 0 Å². The minimum absolute atomic E-state index is 0.127. The van der Waals surface area contributed by atoms with Crippen LogP contribution in [0.15, 0.2) is 35.4 Å². The van der Waals surface area contributed by atoms with Crippen molar-refractivity contribution in [2.75, 3.05) is 19.0 Å². The van der Waals surface area contributed by atoms with Gasteiger partial charge in [-0.3, -0.25) is 9.78 Å². The zero-order valence-electron chi connectivity index (χ0n) is 11.1. The minimum atomic E-state index is -0.127. The topological polar surface area (TPSA) is 77.0 Å². The number of hydrogen-bond acceptors (Lipinski definition) is 5. The Labute approximate surface area is 111 Å². The first-order valence-corrected chi connectivity index (χ1v) is 5.98. The lowest BCUT2D eigenvalue weighted by atomic mass is 10.2. The molecule has 2 aromatic heterocycles. The summed E-state index contributed by atoms with van der Waals surface area (Å²) in [7, 11) is 3.74. The summed E-state index contributed by atoms with van der Waals surface area (Å²) in [5.41, 5.74) is 7.97. The van der Waals surface area contributed by atoms with E-state index in [-0.39, 0.29) is 5.56 Å². The van der Waals surface area contributed by atoms with Crippen LogP contribution in [0.1, 0.15) is 11.3 Å². The van der Waals surface area contributed by atoms with Crippen LogP contribution in [-0.2, 0) is 13.1 Å². The Hall–Kier alpha value is -2.21. The summed E-state index contributed by atoms with van der Waals surface area (Å²) in [4.78, 5) is 17.9. The Bertz CT molecular complexity index is 620. The number of hydrogen-bond donors (Lipinski definition) is 1. The van der Waals surface area contributed by atoms with Crippen molar-refractivity contribution in [2.24, 2.45) is 5.73 Å². The first-order valence-electron chi connectivity index (χ1n) is 5.98. The van der Waals surface area contributed by atoms with Crippen molar-refractivity contribution in [3.8, 4) is 0 Å². The summed E-state index contributed by atoms with van der Waals surface area (Å²) in [5.74, 6) is 0. The molecule has 0 bridgehead atoms. The van der Waals surface area contributed by atoms with Crippen LogP contribution in [0.3, 0.4) is 0 Å². The lowest BCUT2D eigenvalue weighted by Crippen LogP contribution is -2.24. The highest BCUT2D eigenvalue weighted by Gasteiger charge is 2.03. The van der Waals surface area contributed by atoms with Gasteiger partial charge < -0.3 is 10.6 Å². The molecule has 100 valence electrons. The fourth-order valence-corrected chi connectivity index (χ4v) is 1.70. The SMILES string of the molecule is CN(C)c1cnn(Cc2ccnc(CN)c2)c(=O)c1. The molecule has 0 amide bonds. The van der Waals surface area contributed by atoms with Crippen LogP contribution < -0.4 is 16.2 Å². The second kappa shape index (κ2) is 5.62. The second-order valence-corrected chi connectivity index (χ2v) is 4.46. The van der Waals surface area contributed by atoms with Gasteiger partial charge in [-0.2, -0.15) is 5.10 Å². The zero-order valence-corrected chi connectivity index (χ0v) is 11.1. The first-order chi connectivity index (χ1) is 9.10. The first kappa shape index (κ1) is 13.2. The molecule has 0 aliphatic heterocycles. The Kier molecular flexibility index (Phi) is 3.91. The van der Waals surface area contributed by atoms with Crippen molar-refractivity contribution in [1.82, 2.24) is 14.8 Å². The van der Waals surface area contributed by atoms with Gasteiger partial charge in [-0.1, -0.05) is 0 Å². The molecule has 2 rings (SSSR count). The summed E-state index contributed by atoms with van der Waals surface area (Å²) in [6.07, 6.45) is 3.36. The van der Waals surface area contributed by atoms with Gasteiger partial charge >= 0.3 is 0 Å². The predicted molar refractivity (Wildman–Crippen MR) is 74.1 cm³/mol. The third kappa shape index (κ3) is 3.17. The maximum atomic E-state index is 11.9. The molecule has 19 heavy (non-hydrogen) atoms. The highest BCUT2D eigenvalue weighted by Crippen LogP contribution is 2.06. The van der Waals surface area contributed by atoms with Crippen molar-refractivity contribution >= 4 is 5.69 Å². The normalized spacial score (nSPS) is 10.5. The van der Waals surface area contributed by atoms with Crippen LogP contribution in [0.2, 0.25) is 0 Å².